The third-order valence-corrected chi connectivity index (χ3v) is 5.31. The highest BCUT2D eigenvalue weighted by Crippen LogP contribution is 2.56. The van der Waals surface area contributed by atoms with E-state index in [9.17, 15) is 10.2 Å². The fraction of sp³-hybridized carbons (Fsp3) is 0.333. The molecule has 5 rings (SSSR count). The van der Waals surface area contributed by atoms with E-state index < -0.39 is 0 Å². The first-order chi connectivity index (χ1) is 12.6. The summed E-state index contributed by atoms with van der Waals surface area (Å²) in [5.41, 5.74) is 3.41. The van der Waals surface area contributed by atoms with Crippen molar-refractivity contribution in [3.63, 3.8) is 0 Å². The van der Waals surface area contributed by atoms with Gasteiger partial charge in [-0.2, -0.15) is 0 Å². The molecule has 0 aromatic heterocycles. The molecule has 134 valence electrons. The van der Waals surface area contributed by atoms with Gasteiger partial charge in [-0.25, -0.2) is 0 Å². The first-order valence-electron chi connectivity index (χ1n) is 8.88. The molecule has 3 aliphatic heterocycles. The number of rotatable bonds is 2. The zero-order chi connectivity index (χ0) is 17.8. The van der Waals surface area contributed by atoms with Crippen molar-refractivity contribution in [2.24, 2.45) is 0 Å². The fourth-order valence-electron chi connectivity index (χ4n) is 3.79. The maximum absolute atomic E-state index is 10.5. The van der Waals surface area contributed by atoms with Crippen molar-refractivity contribution < 1.29 is 24.4 Å². The minimum absolute atomic E-state index is 0.0425. The van der Waals surface area contributed by atoms with E-state index in [2.05, 4.69) is 0 Å². The zero-order valence-electron chi connectivity index (χ0n) is 14.3. The van der Waals surface area contributed by atoms with Crippen molar-refractivity contribution in [3.05, 3.63) is 58.7 Å². The van der Waals surface area contributed by atoms with Crippen molar-refractivity contribution in [2.75, 3.05) is 6.61 Å². The average molecular weight is 352 g/mol. The Morgan fingerprint density at radius 1 is 1.00 bits per heavy atom. The van der Waals surface area contributed by atoms with Crippen molar-refractivity contribution in [1.29, 1.82) is 0 Å². The molecule has 5 atom stereocenters. The van der Waals surface area contributed by atoms with E-state index in [1.54, 1.807) is 6.07 Å². The Kier molecular flexibility index (Phi) is 3.57. The van der Waals surface area contributed by atoms with E-state index >= 15 is 0 Å². The summed E-state index contributed by atoms with van der Waals surface area (Å²) in [4.78, 5) is 0. The van der Waals surface area contributed by atoms with Gasteiger partial charge in [0.15, 0.2) is 11.5 Å². The number of epoxide rings is 2. The van der Waals surface area contributed by atoms with Crippen LogP contribution in [0.3, 0.4) is 0 Å². The fourth-order valence-corrected chi connectivity index (χ4v) is 3.79. The Labute approximate surface area is 151 Å². The van der Waals surface area contributed by atoms with Crippen LogP contribution >= 0.6 is 0 Å². The van der Waals surface area contributed by atoms with Crippen molar-refractivity contribution in [3.8, 4) is 11.5 Å². The molecule has 0 saturated carbocycles. The summed E-state index contributed by atoms with van der Waals surface area (Å²) >= 11 is 0. The Morgan fingerprint density at radius 2 is 1.81 bits per heavy atom. The third kappa shape index (κ3) is 2.60. The molecule has 2 aromatic carbocycles. The molecule has 2 fully saturated rings. The Balaban J connectivity index is 1.63. The molecular formula is C21H20O5. The van der Waals surface area contributed by atoms with Crippen LogP contribution in [-0.4, -0.2) is 35.1 Å². The molecule has 2 aromatic rings. The second-order valence-corrected chi connectivity index (χ2v) is 7.06. The number of phenolic OH excluding ortho intramolecular Hbond substituents is 2. The van der Waals surface area contributed by atoms with Crippen LogP contribution in [0.5, 0.6) is 11.5 Å². The van der Waals surface area contributed by atoms with Gasteiger partial charge in [0.2, 0.25) is 0 Å². The molecule has 0 aliphatic carbocycles. The molecule has 26 heavy (non-hydrogen) atoms. The molecule has 2 saturated heterocycles. The second kappa shape index (κ2) is 5.84. The van der Waals surface area contributed by atoms with Crippen LogP contribution in [-0.2, 0) is 14.2 Å². The zero-order valence-corrected chi connectivity index (χ0v) is 14.3. The number of ether oxygens (including phenoxy) is 3. The number of hydrogen-bond acceptors (Lipinski definition) is 5. The summed E-state index contributed by atoms with van der Waals surface area (Å²) < 4.78 is 17.4. The molecule has 3 heterocycles. The standard InChI is InChI=1S/C21H20O5/c1-11-19-21(26-19)16-13(8-7-12-5-3-2-4-6-12)9-14(22)18(23)17(16)20-15(25-20)10-24-11/h2-9,11,15,19-23H,10H2,1H3. The number of fused-ring (bicyclic) bond motifs is 5. The number of aromatic hydroxyl groups is 2. The van der Waals surface area contributed by atoms with Gasteiger partial charge < -0.3 is 24.4 Å². The molecule has 0 spiro atoms. The Morgan fingerprint density at radius 3 is 2.62 bits per heavy atom. The molecule has 5 nitrogen and oxygen atoms in total. The van der Waals surface area contributed by atoms with E-state index in [1.807, 2.05) is 49.4 Å². The number of benzene rings is 2. The minimum Gasteiger partial charge on any atom is -0.504 e. The maximum atomic E-state index is 10.5. The third-order valence-electron chi connectivity index (χ3n) is 5.31. The first kappa shape index (κ1) is 15.9. The van der Waals surface area contributed by atoms with Gasteiger partial charge >= 0.3 is 0 Å². The summed E-state index contributed by atoms with van der Waals surface area (Å²) in [6.45, 7) is 2.45. The lowest BCUT2D eigenvalue weighted by molar-refractivity contribution is 0.0363. The summed E-state index contributed by atoms with van der Waals surface area (Å²) in [6.07, 6.45) is 3.33. The molecule has 5 unspecified atom stereocenters. The molecule has 0 radical (unpaired) electrons. The molecule has 0 amide bonds. The molecule has 5 heteroatoms. The number of phenols is 2. The minimum atomic E-state index is -0.267. The lowest BCUT2D eigenvalue weighted by Crippen LogP contribution is -2.18. The normalized spacial score (nSPS) is 32.0. The predicted molar refractivity (Wildman–Crippen MR) is 95.8 cm³/mol. The summed E-state index contributed by atoms with van der Waals surface area (Å²) in [5, 5.41) is 20.8. The largest absolute Gasteiger partial charge is 0.504 e. The quantitative estimate of drug-likeness (QED) is 0.491. The Hall–Kier alpha value is -2.34. The highest BCUT2D eigenvalue weighted by molar-refractivity contribution is 5.75. The van der Waals surface area contributed by atoms with Crippen molar-refractivity contribution in [2.45, 2.75) is 37.4 Å². The van der Waals surface area contributed by atoms with E-state index in [0.717, 1.165) is 16.7 Å². The van der Waals surface area contributed by atoms with Gasteiger partial charge in [-0.3, -0.25) is 0 Å². The van der Waals surface area contributed by atoms with Gasteiger partial charge in [-0.1, -0.05) is 42.5 Å². The van der Waals surface area contributed by atoms with Crippen LogP contribution in [0.4, 0.5) is 0 Å². The number of hydrogen-bond donors (Lipinski definition) is 2. The lowest BCUT2D eigenvalue weighted by Gasteiger charge is -2.14. The smallest absolute Gasteiger partial charge is 0.163 e. The monoisotopic (exact) mass is 352 g/mol. The SMILES string of the molecule is CC1OCC2OC2c2c(O)c(O)cc(C=Cc3ccccc3)c2C2OC12. The van der Waals surface area contributed by atoms with E-state index in [0.29, 0.717) is 12.2 Å². The predicted octanol–water partition coefficient (Wildman–Crippen LogP) is 3.57. The molecule has 3 aliphatic rings. The summed E-state index contributed by atoms with van der Waals surface area (Å²) in [6, 6.07) is 11.5. The van der Waals surface area contributed by atoms with Gasteiger partial charge in [-0.15, -0.1) is 0 Å². The maximum Gasteiger partial charge on any atom is 0.163 e. The van der Waals surface area contributed by atoms with Crippen molar-refractivity contribution >= 4 is 12.2 Å². The van der Waals surface area contributed by atoms with Crippen LogP contribution in [0.25, 0.3) is 12.2 Å². The van der Waals surface area contributed by atoms with E-state index in [1.165, 1.54) is 0 Å². The van der Waals surface area contributed by atoms with Gasteiger partial charge in [0.25, 0.3) is 0 Å². The molecule has 2 N–H and O–H groups in total. The lowest BCUT2D eigenvalue weighted by atomic mass is 9.91. The topological polar surface area (TPSA) is 74.8 Å². The van der Waals surface area contributed by atoms with Crippen LogP contribution in [0.2, 0.25) is 0 Å². The van der Waals surface area contributed by atoms with Gasteiger partial charge in [0, 0.05) is 11.1 Å². The molecule has 0 bridgehead atoms. The highest BCUT2D eigenvalue weighted by atomic mass is 16.6. The van der Waals surface area contributed by atoms with Crippen LogP contribution in [0.15, 0.2) is 36.4 Å². The summed E-state index contributed by atoms with van der Waals surface area (Å²) in [7, 11) is 0. The van der Waals surface area contributed by atoms with Crippen LogP contribution < -0.4 is 0 Å². The van der Waals surface area contributed by atoms with Crippen LogP contribution in [0.1, 0.15) is 41.4 Å². The average Bonchev–Trinajstić information content (AvgIpc) is 3.55. The van der Waals surface area contributed by atoms with E-state index in [4.69, 9.17) is 14.2 Å². The van der Waals surface area contributed by atoms with Crippen LogP contribution in [0, 0.1) is 0 Å². The van der Waals surface area contributed by atoms with Gasteiger partial charge in [0.1, 0.15) is 24.4 Å². The van der Waals surface area contributed by atoms with Gasteiger partial charge in [0.05, 0.1) is 12.7 Å². The summed E-state index contributed by atoms with van der Waals surface area (Å²) in [5.74, 6) is -0.260. The van der Waals surface area contributed by atoms with Crippen molar-refractivity contribution in [1.82, 2.24) is 0 Å². The highest BCUT2D eigenvalue weighted by Gasteiger charge is 2.54. The Bertz CT molecular complexity index is 876. The molecular weight excluding hydrogens is 332 g/mol. The van der Waals surface area contributed by atoms with E-state index in [-0.39, 0.29) is 42.0 Å². The van der Waals surface area contributed by atoms with Gasteiger partial charge in [-0.05, 0) is 24.1 Å². The second-order valence-electron chi connectivity index (χ2n) is 7.06. The first-order valence-corrected chi connectivity index (χ1v) is 8.88.